The zero-order chi connectivity index (χ0) is 14.0. The monoisotopic (exact) mass is 342 g/mol. The molecule has 1 aromatic carbocycles. The van der Waals surface area contributed by atoms with Crippen LogP contribution in [0, 0.1) is 17.0 Å². The summed E-state index contributed by atoms with van der Waals surface area (Å²) in [5.41, 5.74) is 1.31. The van der Waals surface area contributed by atoms with E-state index in [9.17, 15) is 10.1 Å². The Morgan fingerprint density at radius 2 is 2.16 bits per heavy atom. The minimum atomic E-state index is -0.617. The standard InChI is InChI=1S/C11H8BrClN4O2/c1-6-3-2-4-7(8(6)12)16-11-9(17(18)19)10(13)14-5-15-11/h2-5H,1H3,(H,14,15,16). The van der Waals surface area contributed by atoms with Gasteiger partial charge in [0.1, 0.15) is 6.33 Å². The van der Waals surface area contributed by atoms with Crippen LogP contribution in [0.25, 0.3) is 0 Å². The summed E-state index contributed by atoms with van der Waals surface area (Å²) in [6, 6.07) is 5.52. The normalized spacial score (nSPS) is 10.3. The van der Waals surface area contributed by atoms with Crippen LogP contribution < -0.4 is 5.32 Å². The Hall–Kier alpha value is -1.73. The fraction of sp³-hybridized carbons (Fsp3) is 0.0909. The van der Waals surface area contributed by atoms with Crippen LogP contribution in [0.2, 0.25) is 5.15 Å². The molecule has 0 aliphatic rings. The maximum atomic E-state index is 11.0. The molecule has 1 aromatic heterocycles. The molecule has 0 bridgehead atoms. The number of benzene rings is 1. The van der Waals surface area contributed by atoms with Crippen molar-refractivity contribution in [2.45, 2.75) is 6.92 Å². The molecule has 1 heterocycles. The Morgan fingerprint density at radius 1 is 1.42 bits per heavy atom. The lowest BCUT2D eigenvalue weighted by molar-refractivity contribution is -0.384. The molecule has 19 heavy (non-hydrogen) atoms. The Bertz CT molecular complexity index is 651. The quantitative estimate of drug-likeness (QED) is 0.520. The van der Waals surface area contributed by atoms with Gasteiger partial charge in [0.15, 0.2) is 0 Å². The summed E-state index contributed by atoms with van der Waals surface area (Å²) in [4.78, 5) is 17.8. The Morgan fingerprint density at radius 3 is 2.84 bits per heavy atom. The number of nitrogens with one attached hydrogen (secondary N) is 1. The van der Waals surface area contributed by atoms with Crippen molar-refractivity contribution in [2.75, 3.05) is 5.32 Å². The fourth-order valence-electron chi connectivity index (χ4n) is 1.48. The maximum Gasteiger partial charge on any atom is 0.348 e. The molecule has 0 fully saturated rings. The van der Waals surface area contributed by atoms with E-state index in [-0.39, 0.29) is 16.7 Å². The molecule has 0 saturated heterocycles. The average Bonchev–Trinajstić information content (AvgIpc) is 2.34. The van der Waals surface area contributed by atoms with Gasteiger partial charge >= 0.3 is 5.69 Å². The molecule has 0 aliphatic carbocycles. The van der Waals surface area contributed by atoms with Gasteiger partial charge in [0.05, 0.1) is 10.6 Å². The van der Waals surface area contributed by atoms with E-state index in [1.54, 1.807) is 6.07 Å². The number of rotatable bonds is 3. The summed E-state index contributed by atoms with van der Waals surface area (Å²) < 4.78 is 0.805. The van der Waals surface area contributed by atoms with E-state index in [4.69, 9.17) is 11.6 Å². The van der Waals surface area contributed by atoms with E-state index in [0.717, 1.165) is 10.0 Å². The van der Waals surface area contributed by atoms with Crippen LogP contribution in [0.1, 0.15) is 5.56 Å². The Kier molecular flexibility index (Phi) is 3.96. The van der Waals surface area contributed by atoms with E-state index >= 15 is 0 Å². The molecule has 8 heteroatoms. The van der Waals surface area contributed by atoms with Gasteiger partial charge in [-0.2, -0.15) is 0 Å². The van der Waals surface area contributed by atoms with Crippen molar-refractivity contribution in [1.82, 2.24) is 9.97 Å². The van der Waals surface area contributed by atoms with Crippen molar-refractivity contribution in [3.8, 4) is 0 Å². The third-order valence-corrected chi connectivity index (χ3v) is 3.73. The van der Waals surface area contributed by atoms with E-state index in [1.807, 2.05) is 19.1 Å². The van der Waals surface area contributed by atoms with Gasteiger partial charge in [-0.05, 0) is 34.5 Å². The summed E-state index contributed by atoms with van der Waals surface area (Å²) >= 11 is 9.13. The highest BCUT2D eigenvalue weighted by molar-refractivity contribution is 9.10. The zero-order valence-corrected chi connectivity index (χ0v) is 12.1. The molecular formula is C11H8BrClN4O2. The van der Waals surface area contributed by atoms with Gasteiger partial charge in [0, 0.05) is 4.47 Å². The van der Waals surface area contributed by atoms with Gasteiger partial charge in [-0.1, -0.05) is 23.7 Å². The molecule has 2 aromatic rings. The summed E-state index contributed by atoms with van der Waals surface area (Å²) in [6.07, 6.45) is 1.17. The second-order valence-electron chi connectivity index (χ2n) is 3.68. The number of nitrogens with zero attached hydrogens (tertiary/aromatic N) is 3. The first-order valence-electron chi connectivity index (χ1n) is 5.17. The first kappa shape index (κ1) is 13.7. The molecule has 0 unspecified atom stereocenters. The fourth-order valence-corrected chi connectivity index (χ4v) is 2.05. The SMILES string of the molecule is Cc1cccc(Nc2ncnc(Cl)c2[N+](=O)[O-])c1Br. The molecular weight excluding hydrogens is 336 g/mol. The zero-order valence-electron chi connectivity index (χ0n) is 9.72. The van der Waals surface area contributed by atoms with Crippen molar-refractivity contribution in [2.24, 2.45) is 0 Å². The topological polar surface area (TPSA) is 81.0 Å². The Balaban J connectivity index is 2.47. The molecule has 0 amide bonds. The Labute approximate surface area is 122 Å². The van der Waals surface area contributed by atoms with Gasteiger partial charge in [0.25, 0.3) is 0 Å². The highest BCUT2D eigenvalue weighted by Crippen LogP contribution is 2.33. The lowest BCUT2D eigenvalue weighted by atomic mass is 10.2. The third-order valence-electron chi connectivity index (χ3n) is 2.41. The van der Waals surface area contributed by atoms with Gasteiger partial charge in [-0.15, -0.1) is 0 Å². The smallest absolute Gasteiger partial charge is 0.333 e. The molecule has 98 valence electrons. The van der Waals surface area contributed by atoms with Crippen LogP contribution in [0.5, 0.6) is 0 Å². The lowest BCUT2D eigenvalue weighted by Crippen LogP contribution is -2.02. The lowest BCUT2D eigenvalue weighted by Gasteiger charge is -2.09. The van der Waals surface area contributed by atoms with Gasteiger partial charge in [-0.25, -0.2) is 9.97 Å². The summed E-state index contributed by atoms with van der Waals surface area (Å²) in [5.74, 6) is 0.0521. The molecule has 6 nitrogen and oxygen atoms in total. The van der Waals surface area contributed by atoms with Crippen molar-refractivity contribution in [3.63, 3.8) is 0 Å². The number of hydrogen-bond acceptors (Lipinski definition) is 5. The van der Waals surface area contributed by atoms with Gasteiger partial charge in [0.2, 0.25) is 11.0 Å². The van der Waals surface area contributed by atoms with Crippen LogP contribution in [0.3, 0.4) is 0 Å². The molecule has 0 radical (unpaired) electrons. The van der Waals surface area contributed by atoms with Crippen molar-refractivity contribution in [3.05, 3.63) is 49.8 Å². The number of halogens is 2. The second kappa shape index (κ2) is 5.50. The predicted molar refractivity (Wildman–Crippen MR) is 75.9 cm³/mol. The first-order chi connectivity index (χ1) is 9.00. The van der Waals surface area contributed by atoms with Crippen LogP contribution in [-0.2, 0) is 0 Å². The minimum Gasteiger partial charge on any atom is -0.333 e. The number of nitro groups is 1. The van der Waals surface area contributed by atoms with Crippen LogP contribution in [0.15, 0.2) is 29.0 Å². The van der Waals surface area contributed by atoms with E-state index in [0.29, 0.717) is 5.69 Å². The number of aryl methyl sites for hydroxylation is 1. The largest absolute Gasteiger partial charge is 0.348 e. The molecule has 1 N–H and O–H groups in total. The number of aromatic nitrogens is 2. The average molecular weight is 344 g/mol. The van der Waals surface area contributed by atoms with Crippen LogP contribution >= 0.6 is 27.5 Å². The van der Waals surface area contributed by atoms with Crippen LogP contribution in [0.4, 0.5) is 17.2 Å². The van der Waals surface area contributed by atoms with E-state index < -0.39 is 4.92 Å². The second-order valence-corrected chi connectivity index (χ2v) is 4.83. The van der Waals surface area contributed by atoms with Crippen molar-refractivity contribution in [1.29, 1.82) is 0 Å². The summed E-state index contributed by atoms with van der Waals surface area (Å²) in [6.45, 7) is 1.91. The molecule has 0 aliphatic heterocycles. The molecule has 0 atom stereocenters. The summed E-state index contributed by atoms with van der Waals surface area (Å²) in [7, 11) is 0. The number of anilines is 2. The van der Waals surface area contributed by atoms with Crippen molar-refractivity contribution >= 4 is 44.7 Å². The van der Waals surface area contributed by atoms with Gasteiger partial charge in [-0.3, -0.25) is 10.1 Å². The first-order valence-corrected chi connectivity index (χ1v) is 6.35. The highest BCUT2D eigenvalue weighted by atomic mass is 79.9. The van der Waals surface area contributed by atoms with Gasteiger partial charge < -0.3 is 5.32 Å². The molecule has 2 rings (SSSR count). The predicted octanol–water partition coefficient (Wildman–Crippen LogP) is 3.85. The van der Waals surface area contributed by atoms with Crippen molar-refractivity contribution < 1.29 is 4.92 Å². The molecule has 0 saturated carbocycles. The number of hydrogen-bond donors (Lipinski definition) is 1. The third kappa shape index (κ3) is 2.82. The maximum absolute atomic E-state index is 11.0. The van der Waals surface area contributed by atoms with E-state index in [2.05, 4.69) is 31.2 Å². The van der Waals surface area contributed by atoms with E-state index in [1.165, 1.54) is 6.33 Å². The minimum absolute atomic E-state index is 0.0521. The molecule has 0 spiro atoms. The summed E-state index contributed by atoms with van der Waals surface area (Å²) in [5, 5.41) is 13.7. The van der Waals surface area contributed by atoms with Crippen LogP contribution in [-0.4, -0.2) is 14.9 Å². The highest BCUT2D eigenvalue weighted by Gasteiger charge is 2.22.